The van der Waals surface area contributed by atoms with Gasteiger partial charge in [0.15, 0.2) is 11.2 Å². The summed E-state index contributed by atoms with van der Waals surface area (Å²) in [5.74, 6) is -3.72. The number of amides is 2. The van der Waals surface area contributed by atoms with Gasteiger partial charge in [0.25, 0.3) is 11.5 Å². The minimum absolute atomic E-state index is 0.0441. The molecule has 0 aliphatic carbocycles. The Kier molecular flexibility index (Phi) is 9.75. The van der Waals surface area contributed by atoms with Crippen LogP contribution in [0.4, 0.5) is 11.6 Å². The average molecular weight is 559 g/mol. The Labute approximate surface area is 225 Å². The summed E-state index contributed by atoms with van der Waals surface area (Å²) in [7, 11) is 0. The van der Waals surface area contributed by atoms with Crippen molar-refractivity contribution >= 4 is 58.3 Å². The van der Waals surface area contributed by atoms with Gasteiger partial charge < -0.3 is 31.9 Å². The zero-order chi connectivity index (χ0) is 28.5. The van der Waals surface area contributed by atoms with E-state index in [9.17, 15) is 29.1 Å². The van der Waals surface area contributed by atoms with E-state index in [0.717, 1.165) is 0 Å². The first-order valence-electron chi connectivity index (χ1n) is 11.5. The van der Waals surface area contributed by atoms with E-state index in [4.69, 9.17) is 10.8 Å². The van der Waals surface area contributed by atoms with E-state index in [1.165, 1.54) is 30.1 Å². The second-order valence-corrected chi connectivity index (χ2v) is 9.14. The molecular weight excluding hydrogens is 532 g/mol. The van der Waals surface area contributed by atoms with Crippen molar-refractivity contribution in [3.05, 3.63) is 52.1 Å². The fourth-order valence-electron chi connectivity index (χ4n) is 3.37. The number of hydrogen-bond donors (Lipinski definition) is 7. The van der Waals surface area contributed by atoms with E-state index < -0.39 is 41.4 Å². The van der Waals surface area contributed by atoms with Crippen LogP contribution in [0.5, 0.6) is 0 Å². The van der Waals surface area contributed by atoms with Crippen LogP contribution in [0, 0.1) is 0 Å². The van der Waals surface area contributed by atoms with Crippen LogP contribution in [0.1, 0.15) is 28.9 Å². The maximum atomic E-state index is 12.6. The predicted octanol–water partition coefficient (Wildman–Crippen LogP) is -0.197. The minimum Gasteiger partial charge on any atom is -0.480 e. The molecule has 3 aromatic rings. The number of rotatable bonds is 13. The lowest BCUT2D eigenvalue weighted by Gasteiger charge is -2.16. The summed E-state index contributed by atoms with van der Waals surface area (Å²) >= 11 is 1.24. The van der Waals surface area contributed by atoms with Gasteiger partial charge in [0.05, 0.1) is 18.4 Å². The first-order valence-corrected chi connectivity index (χ1v) is 12.9. The number of carboxylic acids is 2. The number of fused-ring (bicyclic) bond motifs is 1. The van der Waals surface area contributed by atoms with Crippen molar-refractivity contribution in [2.24, 2.45) is 0 Å². The second kappa shape index (κ2) is 13.2. The molecule has 0 spiro atoms. The molecule has 0 radical (unpaired) electrons. The average Bonchev–Trinajstić information content (AvgIpc) is 2.89. The first-order chi connectivity index (χ1) is 18.6. The Morgan fingerprint density at radius 1 is 1.05 bits per heavy atom. The number of nitrogens with zero attached hydrogens (tertiary/aromatic N) is 3. The van der Waals surface area contributed by atoms with Crippen LogP contribution in [0.25, 0.3) is 11.2 Å². The summed E-state index contributed by atoms with van der Waals surface area (Å²) in [5.41, 5.74) is 6.40. The second-order valence-electron chi connectivity index (χ2n) is 8.23. The highest BCUT2D eigenvalue weighted by Gasteiger charge is 2.24. The lowest BCUT2D eigenvalue weighted by atomic mass is 10.1. The van der Waals surface area contributed by atoms with Crippen LogP contribution in [0.15, 0.2) is 35.3 Å². The van der Waals surface area contributed by atoms with Crippen molar-refractivity contribution in [1.29, 1.82) is 0 Å². The quantitative estimate of drug-likeness (QED) is 0.144. The summed E-state index contributed by atoms with van der Waals surface area (Å²) in [5, 5.41) is 26.4. The van der Waals surface area contributed by atoms with E-state index in [1.54, 1.807) is 18.4 Å². The molecule has 206 valence electrons. The van der Waals surface area contributed by atoms with Crippen LogP contribution < -0.4 is 27.2 Å². The number of nitrogens with two attached hydrogens (primary N) is 1. The molecule has 0 aliphatic heterocycles. The molecule has 2 aromatic heterocycles. The van der Waals surface area contributed by atoms with E-state index in [1.807, 2.05) is 0 Å². The third-order valence-corrected chi connectivity index (χ3v) is 6.00. The maximum absolute atomic E-state index is 12.6. The Morgan fingerprint density at radius 2 is 1.74 bits per heavy atom. The number of carbonyl (C=O) groups excluding carboxylic acids is 2. The molecule has 39 heavy (non-hydrogen) atoms. The van der Waals surface area contributed by atoms with Crippen LogP contribution >= 0.6 is 11.8 Å². The zero-order valence-electron chi connectivity index (χ0n) is 20.6. The first kappa shape index (κ1) is 28.8. The fraction of sp³-hybridized carbons (Fsp3) is 0.304. The molecule has 2 amide bonds. The highest BCUT2D eigenvalue weighted by atomic mass is 32.2. The van der Waals surface area contributed by atoms with Gasteiger partial charge in [-0.2, -0.15) is 16.7 Å². The molecule has 8 N–H and O–H groups in total. The molecular formula is C23H26N8O7S. The third kappa shape index (κ3) is 8.13. The summed E-state index contributed by atoms with van der Waals surface area (Å²) in [6.07, 6.45) is 2.62. The van der Waals surface area contributed by atoms with Crippen LogP contribution in [-0.4, -0.2) is 78.0 Å². The van der Waals surface area contributed by atoms with Crippen molar-refractivity contribution in [2.45, 2.75) is 31.5 Å². The standard InChI is InChI=1S/C23H26N8O7S/c1-39-10-15(22(37)38)28-16(32)7-6-14(21(35)36)29-19(33)11-2-4-12(5-3-11)25-8-13-9-26-18-17(27-13)20(34)31-23(24)30-18/h2-5,9,14-15,25H,6-8,10H2,1H3,(H,28,32)(H,29,33)(H,35,36)(H,37,38)(H3,24,26,30,31,34). The van der Waals surface area contributed by atoms with Gasteiger partial charge in [0, 0.05) is 23.4 Å². The molecule has 16 heteroatoms. The summed E-state index contributed by atoms with van der Waals surface area (Å²) < 4.78 is 0. The zero-order valence-corrected chi connectivity index (χ0v) is 21.4. The molecule has 0 bridgehead atoms. The summed E-state index contributed by atoms with van der Waals surface area (Å²) in [6, 6.07) is 3.70. The van der Waals surface area contributed by atoms with E-state index in [-0.39, 0.29) is 47.8 Å². The van der Waals surface area contributed by atoms with Gasteiger partial charge in [-0.15, -0.1) is 0 Å². The van der Waals surface area contributed by atoms with Crippen LogP contribution in [0.2, 0.25) is 0 Å². The number of aromatic nitrogens is 4. The van der Waals surface area contributed by atoms with Gasteiger partial charge in [0.2, 0.25) is 11.9 Å². The van der Waals surface area contributed by atoms with Crippen LogP contribution in [0.3, 0.4) is 0 Å². The van der Waals surface area contributed by atoms with Crippen molar-refractivity contribution in [1.82, 2.24) is 30.6 Å². The number of hydrogen-bond acceptors (Lipinski definition) is 11. The molecule has 2 unspecified atom stereocenters. The molecule has 2 heterocycles. The van der Waals surface area contributed by atoms with Crippen molar-refractivity contribution < 1.29 is 29.4 Å². The number of nitrogens with one attached hydrogen (secondary N) is 4. The highest BCUT2D eigenvalue weighted by Crippen LogP contribution is 2.12. The Morgan fingerprint density at radius 3 is 2.38 bits per heavy atom. The number of aliphatic carboxylic acids is 2. The number of thioether (sulfide) groups is 1. The van der Waals surface area contributed by atoms with Gasteiger partial charge >= 0.3 is 11.9 Å². The topological polar surface area (TPSA) is 242 Å². The van der Waals surface area contributed by atoms with Crippen molar-refractivity contribution in [3.63, 3.8) is 0 Å². The Hall–Kier alpha value is -4.73. The monoisotopic (exact) mass is 558 g/mol. The van der Waals surface area contributed by atoms with E-state index >= 15 is 0 Å². The lowest BCUT2D eigenvalue weighted by molar-refractivity contribution is -0.142. The van der Waals surface area contributed by atoms with E-state index in [2.05, 4.69) is 35.9 Å². The number of H-pyrrole nitrogens is 1. The number of carboxylic acid groups (broad SMARTS) is 2. The van der Waals surface area contributed by atoms with Crippen molar-refractivity contribution in [2.75, 3.05) is 23.1 Å². The molecule has 3 rings (SSSR count). The predicted molar refractivity (Wildman–Crippen MR) is 142 cm³/mol. The highest BCUT2D eigenvalue weighted by molar-refractivity contribution is 7.98. The van der Waals surface area contributed by atoms with Gasteiger partial charge in [0.1, 0.15) is 12.1 Å². The number of aromatic amines is 1. The van der Waals surface area contributed by atoms with Crippen molar-refractivity contribution in [3.8, 4) is 0 Å². The van der Waals surface area contributed by atoms with Gasteiger partial charge in [-0.25, -0.2) is 19.6 Å². The summed E-state index contributed by atoms with van der Waals surface area (Å²) in [6.45, 7) is 0.209. The SMILES string of the molecule is CSCC(NC(=O)CCC(NC(=O)c1ccc(NCc2cnc3nc(N)[nH]c(=O)c3n2)cc1)C(=O)O)C(=O)O. The number of benzene rings is 1. The largest absolute Gasteiger partial charge is 0.480 e. The molecule has 0 saturated carbocycles. The Bertz CT molecular complexity index is 1430. The fourth-order valence-corrected chi connectivity index (χ4v) is 3.93. The normalized spacial score (nSPS) is 12.3. The molecule has 15 nitrogen and oxygen atoms in total. The van der Waals surface area contributed by atoms with Gasteiger partial charge in [-0.05, 0) is 36.9 Å². The molecule has 0 fully saturated rings. The number of nitrogen functional groups attached to an aromatic ring is 1. The number of anilines is 2. The van der Waals surface area contributed by atoms with Gasteiger partial charge in [-0.1, -0.05) is 0 Å². The molecule has 2 atom stereocenters. The third-order valence-electron chi connectivity index (χ3n) is 5.34. The van der Waals surface area contributed by atoms with E-state index in [0.29, 0.717) is 11.4 Å². The Balaban J connectivity index is 1.55. The molecule has 0 aliphatic rings. The lowest BCUT2D eigenvalue weighted by Crippen LogP contribution is -2.44. The summed E-state index contributed by atoms with van der Waals surface area (Å²) in [4.78, 5) is 74.0. The van der Waals surface area contributed by atoms with Crippen LogP contribution in [-0.2, 0) is 20.9 Å². The smallest absolute Gasteiger partial charge is 0.327 e. The van der Waals surface area contributed by atoms with Gasteiger partial charge in [-0.3, -0.25) is 19.4 Å². The minimum atomic E-state index is -1.36. The maximum Gasteiger partial charge on any atom is 0.327 e. The molecule has 0 saturated heterocycles. The number of carbonyl (C=O) groups is 4. The molecule has 1 aromatic carbocycles.